The molecule has 16 heavy (non-hydrogen) atoms. The van der Waals surface area contributed by atoms with Crippen molar-refractivity contribution in [3.63, 3.8) is 0 Å². The second-order valence-corrected chi connectivity index (χ2v) is 4.23. The Morgan fingerprint density at radius 1 is 1.31 bits per heavy atom. The SMILES string of the molecule is CC(NCc1ccccc1)[C@@H](C)CC(=O)O. The third-order valence-corrected chi connectivity index (χ3v) is 2.82. The zero-order valence-electron chi connectivity index (χ0n) is 9.81. The van der Waals surface area contributed by atoms with Crippen LogP contribution in [0.1, 0.15) is 25.8 Å². The highest BCUT2D eigenvalue weighted by Crippen LogP contribution is 2.08. The van der Waals surface area contributed by atoms with Crippen molar-refractivity contribution in [3.8, 4) is 0 Å². The molecular formula is C13H19NO2. The summed E-state index contributed by atoms with van der Waals surface area (Å²) in [4.78, 5) is 10.6. The van der Waals surface area contributed by atoms with Gasteiger partial charge in [-0.05, 0) is 18.4 Å². The van der Waals surface area contributed by atoms with Crippen molar-refractivity contribution in [2.75, 3.05) is 0 Å². The summed E-state index contributed by atoms with van der Waals surface area (Å²) in [5.74, 6) is -0.595. The number of carboxylic acids is 1. The number of carboxylic acid groups (broad SMARTS) is 1. The Kier molecular flexibility index (Phi) is 4.99. The standard InChI is InChI=1S/C13H19NO2/c1-10(8-13(15)16)11(2)14-9-12-6-4-3-5-7-12/h3-7,10-11,14H,8-9H2,1-2H3,(H,15,16)/t10-,11?/m0/s1. The van der Waals surface area contributed by atoms with Gasteiger partial charge in [0.05, 0.1) is 0 Å². The fourth-order valence-corrected chi connectivity index (χ4v) is 1.53. The first-order chi connectivity index (χ1) is 7.59. The molecule has 0 amide bonds. The number of benzene rings is 1. The predicted octanol–water partition coefficient (Wildman–Crippen LogP) is 2.28. The first-order valence-corrected chi connectivity index (χ1v) is 5.58. The van der Waals surface area contributed by atoms with Crippen LogP contribution in [-0.2, 0) is 11.3 Å². The van der Waals surface area contributed by atoms with Crippen LogP contribution in [0.2, 0.25) is 0 Å². The molecule has 0 spiro atoms. The van der Waals surface area contributed by atoms with Gasteiger partial charge in [0.25, 0.3) is 0 Å². The highest BCUT2D eigenvalue weighted by Gasteiger charge is 2.14. The third-order valence-electron chi connectivity index (χ3n) is 2.82. The van der Waals surface area contributed by atoms with Gasteiger partial charge in [0.15, 0.2) is 0 Å². The number of nitrogens with one attached hydrogen (secondary N) is 1. The number of hydrogen-bond acceptors (Lipinski definition) is 2. The molecule has 0 radical (unpaired) electrons. The Labute approximate surface area is 96.5 Å². The normalized spacial score (nSPS) is 14.4. The van der Waals surface area contributed by atoms with Gasteiger partial charge in [-0.15, -0.1) is 0 Å². The van der Waals surface area contributed by atoms with Crippen molar-refractivity contribution in [1.29, 1.82) is 0 Å². The second kappa shape index (κ2) is 6.28. The summed E-state index contributed by atoms with van der Waals surface area (Å²) in [6.45, 7) is 4.76. The molecule has 0 aliphatic carbocycles. The van der Waals surface area contributed by atoms with E-state index in [1.807, 2.05) is 32.0 Å². The minimum Gasteiger partial charge on any atom is -0.481 e. The molecule has 3 heteroatoms. The van der Waals surface area contributed by atoms with Gasteiger partial charge in [-0.1, -0.05) is 37.3 Å². The molecule has 0 aliphatic rings. The van der Waals surface area contributed by atoms with Crippen molar-refractivity contribution in [2.45, 2.75) is 32.9 Å². The van der Waals surface area contributed by atoms with Crippen molar-refractivity contribution in [3.05, 3.63) is 35.9 Å². The van der Waals surface area contributed by atoms with Crippen molar-refractivity contribution >= 4 is 5.97 Å². The Morgan fingerprint density at radius 3 is 2.50 bits per heavy atom. The van der Waals surface area contributed by atoms with Gasteiger partial charge in [-0.2, -0.15) is 0 Å². The lowest BCUT2D eigenvalue weighted by molar-refractivity contribution is -0.138. The highest BCUT2D eigenvalue weighted by atomic mass is 16.4. The molecular weight excluding hydrogens is 202 g/mol. The van der Waals surface area contributed by atoms with Crippen LogP contribution >= 0.6 is 0 Å². The van der Waals surface area contributed by atoms with E-state index in [1.54, 1.807) is 0 Å². The van der Waals surface area contributed by atoms with Crippen LogP contribution in [-0.4, -0.2) is 17.1 Å². The minimum absolute atomic E-state index is 0.140. The van der Waals surface area contributed by atoms with Gasteiger partial charge in [0.2, 0.25) is 0 Å². The average molecular weight is 221 g/mol. The van der Waals surface area contributed by atoms with Gasteiger partial charge < -0.3 is 10.4 Å². The summed E-state index contributed by atoms with van der Waals surface area (Å²) < 4.78 is 0. The van der Waals surface area contributed by atoms with Crippen LogP contribution in [0.25, 0.3) is 0 Å². The molecule has 0 bridgehead atoms. The van der Waals surface area contributed by atoms with Crippen molar-refractivity contribution in [2.24, 2.45) is 5.92 Å². The fraction of sp³-hybridized carbons (Fsp3) is 0.462. The maximum Gasteiger partial charge on any atom is 0.303 e. The van der Waals surface area contributed by atoms with Crippen LogP contribution in [0.5, 0.6) is 0 Å². The molecule has 0 heterocycles. The molecule has 1 unspecified atom stereocenters. The molecule has 88 valence electrons. The van der Waals surface area contributed by atoms with Crippen LogP contribution < -0.4 is 5.32 Å². The molecule has 1 rings (SSSR count). The van der Waals surface area contributed by atoms with Gasteiger partial charge in [-0.25, -0.2) is 0 Å². The van der Waals surface area contributed by atoms with Gasteiger partial charge in [0.1, 0.15) is 0 Å². The Bertz CT molecular complexity index is 324. The van der Waals surface area contributed by atoms with Crippen LogP contribution in [0.4, 0.5) is 0 Å². The largest absolute Gasteiger partial charge is 0.481 e. The van der Waals surface area contributed by atoms with Crippen LogP contribution in [0.3, 0.4) is 0 Å². The topological polar surface area (TPSA) is 49.3 Å². The van der Waals surface area contributed by atoms with E-state index in [2.05, 4.69) is 17.4 Å². The van der Waals surface area contributed by atoms with E-state index in [9.17, 15) is 4.79 Å². The zero-order valence-corrected chi connectivity index (χ0v) is 9.81. The molecule has 2 N–H and O–H groups in total. The number of carbonyl (C=O) groups is 1. The summed E-state index contributed by atoms with van der Waals surface area (Å²) in [7, 11) is 0. The summed E-state index contributed by atoms with van der Waals surface area (Å²) >= 11 is 0. The monoisotopic (exact) mass is 221 g/mol. The zero-order chi connectivity index (χ0) is 12.0. The maximum absolute atomic E-state index is 10.6. The van der Waals surface area contributed by atoms with E-state index in [-0.39, 0.29) is 18.4 Å². The van der Waals surface area contributed by atoms with E-state index in [0.29, 0.717) is 0 Å². The lowest BCUT2D eigenvalue weighted by atomic mass is 10.00. The predicted molar refractivity (Wildman–Crippen MR) is 64.2 cm³/mol. The van der Waals surface area contributed by atoms with Crippen LogP contribution in [0, 0.1) is 5.92 Å². The Hall–Kier alpha value is -1.35. The fourth-order valence-electron chi connectivity index (χ4n) is 1.53. The van der Waals surface area contributed by atoms with E-state index >= 15 is 0 Å². The summed E-state index contributed by atoms with van der Waals surface area (Å²) in [5, 5.41) is 12.0. The first-order valence-electron chi connectivity index (χ1n) is 5.58. The molecule has 1 aromatic rings. The number of aliphatic carboxylic acids is 1. The quantitative estimate of drug-likeness (QED) is 0.774. The highest BCUT2D eigenvalue weighted by molar-refractivity contribution is 5.67. The van der Waals surface area contributed by atoms with Gasteiger partial charge in [-0.3, -0.25) is 4.79 Å². The van der Waals surface area contributed by atoms with Crippen molar-refractivity contribution < 1.29 is 9.90 Å². The van der Waals surface area contributed by atoms with Crippen molar-refractivity contribution in [1.82, 2.24) is 5.32 Å². The Morgan fingerprint density at radius 2 is 1.94 bits per heavy atom. The first kappa shape index (κ1) is 12.7. The number of rotatable bonds is 6. The van der Waals surface area contributed by atoms with E-state index < -0.39 is 5.97 Å². The van der Waals surface area contributed by atoms with Crippen LogP contribution in [0.15, 0.2) is 30.3 Å². The second-order valence-electron chi connectivity index (χ2n) is 4.23. The molecule has 0 saturated carbocycles. The van der Waals surface area contributed by atoms with E-state index in [1.165, 1.54) is 5.56 Å². The summed E-state index contributed by atoms with van der Waals surface area (Å²) in [5.41, 5.74) is 1.22. The minimum atomic E-state index is -0.735. The molecule has 0 saturated heterocycles. The molecule has 3 nitrogen and oxygen atoms in total. The van der Waals surface area contributed by atoms with Gasteiger partial charge in [0, 0.05) is 19.0 Å². The Balaban J connectivity index is 2.35. The number of hydrogen-bond donors (Lipinski definition) is 2. The van der Waals surface area contributed by atoms with E-state index in [0.717, 1.165) is 6.54 Å². The van der Waals surface area contributed by atoms with E-state index in [4.69, 9.17) is 5.11 Å². The lowest BCUT2D eigenvalue weighted by Crippen LogP contribution is -2.32. The molecule has 1 aromatic carbocycles. The molecule has 0 fully saturated rings. The summed E-state index contributed by atoms with van der Waals surface area (Å²) in [6.07, 6.45) is 0.211. The molecule has 0 aromatic heterocycles. The average Bonchev–Trinajstić information content (AvgIpc) is 2.26. The summed E-state index contributed by atoms with van der Waals surface area (Å²) in [6, 6.07) is 10.3. The lowest BCUT2D eigenvalue weighted by Gasteiger charge is -2.19. The van der Waals surface area contributed by atoms with Gasteiger partial charge >= 0.3 is 5.97 Å². The smallest absolute Gasteiger partial charge is 0.303 e. The molecule has 2 atom stereocenters. The maximum atomic E-state index is 10.6. The molecule has 0 aliphatic heterocycles. The third kappa shape index (κ3) is 4.45.